The molecule has 2 aromatic heterocycles. The summed E-state index contributed by atoms with van der Waals surface area (Å²) >= 11 is 4.88. The van der Waals surface area contributed by atoms with E-state index >= 15 is 0 Å². The van der Waals surface area contributed by atoms with Gasteiger partial charge >= 0.3 is 6.01 Å². The molecule has 0 fully saturated rings. The summed E-state index contributed by atoms with van der Waals surface area (Å²) in [5, 5.41) is 4.25. The molecular formula is C14H11N5OS. The van der Waals surface area contributed by atoms with E-state index in [1.807, 2.05) is 30.3 Å². The lowest BCUT2D eigenvalue weighted by atomic mass is 10.3. The van der Waals surface area contributed by atoms with Gasteiger partial charge in [0, 0.05) is 12.3 Å². The molecule has 0 amide bonds. The van der Waals surface area contributed by atoms with Crippen LogP contribution in [0.15, 0.2) is 55.0 Å². The van der Waals surface area contributed by atoms with Gasteiger partial charge in [-0.3, -0.25) is 4.98 Å². The maximum atomic E-state index is 5.57. The second kappa shape index (κ2) is 5.68. The number of nitrogens with two attached hydrogens (primary N) is 1. The van der Waals surface area contributed by atoms with Gasteiger partial charge in [0.15, 0.2) is 0 Å². The van der Waals surface area contributed by atoms with E-state index < -0.39 is 0 Å². The Labute approximate surface area is 126 Å². The third-order valence-electron chi connectivity index (χ3n) is 2.68. The van der Waals surface area contributed by atoms with Crippen LogP contribution in [0.3, 0.4) is 0 Å². The molecule has 0 aliphatic carbocycles. The molecule has 2 N–H and O–H groups in total. The normalized spacial score (nSPS) is 10.3. The highest BCUT2D eigenvalue weighted by molar-refractivity contribution is 7.80. The molecule has 0 radical (unpaired) electrons. The summed E-state index contributed by atoms with van der Waals surface area (Å²) in [5.41, 5.74) is 6.93. The smallest absolute Gasteiger partial charge is 0.341 e. The Morgan fingerprint density at radius 3 is 2.71 bits per heavy atom. The molecule has 21 heavy (non-hydrogen) atoms. The van der Waals surface area contributed by atoms with E-state index in [2.05, 4.69) is 15.1 Å². The third-order valence-corrected chi connectivity index (χ3v) is 2.89. The first kappa shape index (κ1) is 13.2. The molecule has 0 aliphatic heterocycles. The first-order valence-corrected chi connectivity index (χ1v) is 6.54. The van der Waals surface area contributed by atoms with Crippen LogP contribution in [0.2, 0.25) is 0 Å². The molecule has 2 heterocycles. The SMILES string of the molecule is NC(=S)c1cc(Oc2ncn(-c3ccccc3)n2)ccn1. The van der Waals surface area contributed by atoms with Crippen molar-refractivity contribution >= 4 is 17.2 Å². The zero-order valence-corrected chi connectivity index (χ0v) is 11.7. The Morgan fingerprint density at radius 1 is 1.14 bits per heavy atom. The molecule has 6 nitrogen and oxygen atoms in total. The fraction of sp³-hybridized carbons (Fsp3) is 0. The van der Waals surface area contributed by atoms with Crippen LogP contribution in [0.25, 0.3) is 5.69 Å². The average molecular weight is 297 g/mol. The van der Waals surface area contributed by atoms with Crippen molar-refractivity contribution in [2.45, 2.75) is 0 Å². The number of para-hydroxylation sites is 1. The Bertz CT molecular complexity index is 772. The Balaban J connectivity index is 1.82. The first-order chi connectivity index (χ1) is 10.2. The summed E-state index contributed by atoms with van der Waals surface area (Å²) in [6, 6.07) is 13.2. The standard InChI is InChI=1S/C14H11N5OS/c15-13(21)12-8-11(6-7-16-12)20-14-17-9-19(18-14)10-4-2-1-3-5-10/h1-9H,(H2,15,21). The van der Waals surface area contributed by atoms with Crippen molar-refractivity contribution in [2.75, 3.05) is 0 Å². The van der Waals surface area contributed by atoms with Gasteiger partial charge in [-0.05, 0) is 18.2 Å². The summed E-state index contributed by atoms with van der Waals surface area (Å²) in [7, 11) is 0. The number of nitrogens with zero attached hydrogens (tertiary/aromatic N) is 4. The predicted octanol–water partition coefficient (Wildman–Crippen LogP) is 2.09. The summed E-state index contributed by atoms with van der Waals surface area (Å²) in [5.74, 6) is 0.526. The first-order valence-electron chi connectivity index (χ1n) is 6.13. The lowest BCUT2D eigenvalue weighted by Crippen LogP contribution is -2.11. The van der Waals surface area contributed by atoms with E-state index in [0.717, 1.165) is 5.69 Å². The molecule has 0 bridgehead atoms. The van der Waals surface area contributed by atoms with Crippen LogP contribution in [0.5, 0.6) is 11.8 Å². The van der Waals surface area contributed by atoms with Crippen LogP contribution < -0.4 is 10.5 Å². The van der Waals surface area contributed by atoms with Crippen LogP contribution in [-0.4, -0.2) is 24.7 Å². The Hall–Kier alpha value is -2.80. The number of ether oxygens (including phenoxy) is 1. The second-order valence-electron chi connectivity index (χ2n) is 4.15. The van der Waals surface area contributed by atoms with Gasteiger partial charge in [0.05, 0.1) is 5.69 Å². The highest BCUT2D eigenvalue weighted by Crippen LogP contribution is 2.18. The van der Waals surface area contributed by atoms with Gasteiger partial charge in [0.1, 0.15) is 22.8 Å². The number of aromatic nitrogens is 4. The van der Waals surface area contributed by atoms with Crippen molar-refractivity contribution in [1.82, 2.24) is 19.7 Å². The second-order valence-corrected chi connectivity index (χ2v) is 4.59. The number of thiocarbonyl (C=S) groups is 1. The van der Waals surface area contributed by atoms with Gasteiger partial charge in [-0.25, -0.2) is 4.68 Å². The Kier molecular flexibility index (Phi) is 3.57. The van der Waals surface area contributed by atoms with Crippen LogP contribution >= 0.6 is 12.2 Å². The average Bonchev–Trinajstić information content (AvgIpc) is 2.97. The molecule has 0 saturated carbocycles. The van der Waals surface area contributed by atoms with Crippen molar-refractivity contribution in [3.05, 3.63) is 60.7 Å². The van der Waals surface area contributed by atoms with Gasteiger partial charge in [-0.1, -0.05) is 30.4 Å². The molecule has 0 aliphatic rings. The number of hydrogen-bond donors (Lipinski definition) is 1. The molecular weight excluding hydrogens is 286 g/mol. The highest BCUT2D eigenvalue weighted by atomic mass is 32.1. The lowest BCUT2D eigenvalue weighted by Gasteiger charge is -2.02. The number of benzene rings is 1. The summed E-state index contributed by atoms with van der Waals surface area (Å²) in [4.78, 5) is 8.36. The minimum atomic E-state index is 0.211. The number of rotatable bonds is 4. The molecule has 104 valence electrons. The number of hydrogen-bond acceptors (Lipinski definition) is 5. The minimum Gasteiger partial charge on any atom is -0.423 e. The molecule has 3 aromatic rings. The maximum absolute atomic E-state index is 5.57. The number of pyridine rings is 1. The predicted molar refractivity (Wildman–Crippen MR) is 81.6 cm³/mol. The fourth-order valence-corrected chi connectivity index (χ4v) is 1.83. The zero-order valence-electron chi connectivity index (χ0n) is 10.9. The Morgan fingerprint density at radius 2 is 1.95 bits per heavy atom. The molecule has 1 aromatic carbocycles. The van der Waals surface area contributed by atoms with E-state index in [0.29, 0.717) is 11.4 Å². The monoisotopic (exact) mass is 297 g/mol. The third kappa shape index (κ3) is 3.03. The molecule has 7 heteroatoms. The van der Waals surface area contributed by atoms with E-state index in [-0.39, 0.29) is 11.0 Å². The van der Waals surface area contributed by atoms with Gasteiger partial charge in [-0.15, -0.1) is 5.10 Å². The minimum absolute atomic E-state index is 0.211. The molecule has 3 rings (SSSR count). The van der Waals surface area contributed by atoms with E-state index in [9.17, 15) is 0 Å². The maximum Gasteiger partial charge on any atom is 0.341 e. The largest absolute Gasteiger partial charge is 0.423 e. The van der Waals surface area contributed by atoms with Crippen molar-refractivity contribution in [1.29, 1.82) is 0 Å². The van der Waals surface area contributed by atoms with E-state index in [1.165, 1.54) is 0 Å². The van der Waals surface area contributed by atoms with Crippen LogP contribution in [0.4, 0.5) is 0 Å². The summed E-state index contributed by atoms with van der Waals surface area (Å²) < 4.78 is 7.20. The fourth-order valence-electron chi connectivity index (χ4n) is 1.71. The van der Waals surface area contributed by atoms with E-state index in [4.69, 9.17) is 22.7 Å². The van der Waals surface area contributed by atoms with Crippen LogP contribution in [-0.2, 0) is 0 Å². The molecule has 0 spiro atoms. The summed E-state index contributed by atoms with van der Waals surface area (Å²) in [6.45, 7) is 0. The van der Waals surface area contributed by atoms with Gasteiger partial charge < -0.3 is 10.5 Å². The summed E-state index contributed by atoms with van der Waals surface area (Å²) in [6.07, 6.45) is 3.15. The van der Waals surface area contributed by atoms with Crippen molar-refractivity contribution < 1.29 is 4.74 Å². The van der Waals surface area contributed by atoms with Crippen LogP contribution in [0, 0.1) is 0 Å². The molecule has 0 unspecified atom stereocenters. The zero-order chi connectivity index (χ0) is 14.7. The topological polar surface area (TPSA) is 78.9 Å². The lowest BCUT2D eigenvalue weighted by molar-refractivity contribution is 0.441. The van der Waals surface area contributed by atoms with Gasteiger partial charge in [0.25, 0.3) is 0 Å². The quantitative estimate of drug-likeness (QED) is 0.743. The van der Waals surface area contributed by atoms with Crippen molar-refractivity contribution in [3.63, 3.8) is 0 Å². The highest BCUT2D eigenvalue weighted by Gasteiger charge is 2.07. The molecule has 0 saturated heterocycles. The van der Waals surface area contributed by atoms with E-state index in [1.54, 1.807) is 29.3 Å². The molecule has 0 atom stereocenters. The van der Waals surface area contributed by atoms with Crippen LogP contribution in [0.1, 0.15) is 5.69 Å². The van der Waals surface area contributed by atoms with Crippen molar-refractivity contribution in [2.24, 2.45) is 5.73 Å². The van der Waals surface area contributed by atoms with Crippen molar-refractivity contribution in [3.8, 4) is 17.4 Å². The van der Waals surface area contributed by atoms with Gasteiger partial charge in [-0.2, -0.15) is 4.98 Å². The van der Waals surface area contributed by atoms with Gasteiger partial charge in [0.2, 0.25) is 0 Å².